The van der Waals surface area contributed by atoms with Crippen LogP contribution in [-0.2, 0) is 15.7 Å². The van der Waals surface area contributed by atoms with E-state index >= 15 is 4.39 Å². The summed E-state index contributed by atoms with van der Waals surface area (Å²) in [5.74, 6) is -1.17. The lowest BCUT2D eigenvalue weighted by Crippen LogP contribution is -2.64. The minimum Gasteiger partial charge on any atom is -0.383 e. The molecule has 0 saturated carbocycles. The molecule has 1 amide bonds. The number of methoxy groups -OCH3 is 1. The number of ether oxygens (including phenoxy) is 1. The Morgan fingerprint density at radius 2 is 1.86 bits per heavy atom. The zero-order valence-electron chi connectivity index (χ0n) is 22.6. The quantitative estimate of drug-likeness (QED) is 0.200. The summed E-state index contributed by atoms with van der Waals surface area (Å²) in [6.45, 7) is 4.15. The van der Waals surface area contributed by atoms with Crippen molar-refractivity contribution in [3.05, 3.63) is 63.6 Å². The predicted octanol–water partition coefficient (Wildman–Crippen LogP) is 5.63. The Labute approximate surface area is 256 Å². The number of alkyl halides is 3. The molecule has 0 radical (unpaired) electrons. The summed E-state index contributed by atoms with van der Waals surface area (Å²) in [5.41, 5.74) is -2.77. The molecule has 3 aromatic rings. The largest absolute Gasteiger partial charge is 0.417 e. The van der Waals surface area contributed by atoms with Gasteiger partial charge >= 0.3 is 11.9 Å². The molecule has 7 nitrogen and oxygen atoms in total. The Kier molecular flexibility index (Phi) is 7.93. The first-order valence-corrected chi connectivity index (χ1v) is 15.7. The first kappa shape index (κ1) is 30.2. The highest BCUT2D eigenvalue weighted by Crippen LogP contribution is 2.51. The number of nitrogens with zero attached hydrogens (tertiary/aromatic N) is 4. The van der Waals surface area contributed by atoms with E-state index in [9.17, 15) is 27.2 Å². The van der Waals surface area contributed by atoms with Crippen LogP contribution in [0.4, 0.5) is 27.8 Å². The van der Waals surface area contributed by atoms with Gasteiger partial charge in [0.15, 0.2) is 0 Å². The number of fused-ring (bicyclic) bond motifs is 2. The first-order chi connectivity index (χ1) is 20.4. The van der Waals surface area contributed by atoms with E-state index in [0.717, 1.165) is 23.9 Å². The van der Waals surface area contributed by atoms with E-state index in [1.54, 1.807) is 21.6 Å². The number of benzene rings is 2. The zero-order chi connectivity index (χ0) is 30.8. The third kappa shape index (κ3) is 5.09. The Morgan fingerprint density at radius 1 is 1.16 bits per heavy atom. The second-order valence-electron chi connectivity index (χ2n) is 10.5. The minimum atomic E-state index is -4.96. The van der Waals surface area contributed by atoms with Gasteiger partial charge in [0.1, 0.15) is 17.5 Å². The second-order valence-corrected chi connectivity index (χ2v) is 13.0. The van der Waals surface area contributed by atoms with E-state index < -0.39 is 51.3 Å². The van der Waals surface area contributed by atoms with E-state index in [4.69, 9.17) is 16.3 Å². The molecule has 0 N–H and O–H groups in total. The molecular formula is C28H24ClF5N4O3S2. The molecule has 1 aromatic heterocycles. The Hall–Kier alpha value is -2.81. The molecule has 43 heavy (non-hydrogen) atoms. The molecule has 228 valence electrons. The van der Waals surface area contributed by atoms with Gasteiger partial charge in [-0.3, -0.25) is 9.36 Å². The van der Waals surface area contributed by atoms with Gasteiger partial charge in [-0.05, 0) is 18.2 Å². The highest BCUT2D eigenvalue weighted by atomic mass is 35.5. The number of carbonyl (C=O) groups is 1. The lowest BCUT2D eigenvalue weighted by atomic mass is 9.95. The lowest BCUT2D eigenvalue weighted by Gasteiger charge is -2.50. The molecule has 2 aromatic carbocycles. The van der Waals surface area contributed by atoms with Crippen LogP contribution in [0.3, 0.4) is 0 Å². The van der Waals surface area contributed by atoms with Crippen molar-refractivity contribution in [1.82, 2.24) is 14.5 Å². The van der Waals surface area contributed by atoms with Gasteiger partial charge in [0, 0.05) is 64.9 Å². The molecule has 2 fully saturated rings. The summed E-state index contributed by atoms with van der Waals surface area (Å²) < 4.78 is 80.3. The molecule has 3 aliphatic heterocycles. The summed E-state index contributed by atoms with van der Waals surface area (Å²) in [5, 5.41) is -0.485. The number of thioether (sulfide) groups is 2. The molecule has 2 unspecified atom stereocenters. The maximum Gasteiger partial charge on any atom is 0.417 e. The minimum absolute atomic E-state index is 0.00993. The van der Waals surface area contributed by atoms with Crippen molar-refractivity contribution in [2.45, 2.75) is 29.2 Å². The van der Waals surface area contributed by atoms with Crippen molar-refractivity contribution in [2.75, 3.05) is 49.0 Å². The van der Waals surface area contributed by atoms with Gasteiger partial charge < -0.3 is 14.5 Å². The van der Waals surface area contributed by atoms with E-state index in [2.05, 4.69) is 11.6 Å². The number of anilines is 1. The Morgan fingerprint density at radius 3 is 2.49 bits per heavy atom. The molecular weight excluding hydrogens is 635 g/mol. The predicted molar refractivity (Wildman–Crippen MR) is 157 cm³/mol. The highest BCUT2D eigenvalue weighted by Gasteiger charge is 2.43. The summed E-state index contributed by atoms with van der Waals surface area (Å²) in [4.78, 5) is 34.1. The number of aromatic nitrogens is 2. The van der Waals surface area contributed by atoms with Crippen LogP contribution in [0.5, 0.6) is 0 Å². The summed E-state index contributed by atoms with van der Waals surface area (Å²) in [7, 11) is 1.44. The number of piperazine rings is 1. The van der Waals surface area contributed by atoms with E-state index in [1.165, 1.54) is 17.8 Å². The van der Waals surface area contributed by atoms with Crippen molar-refractivity contribution >= 4 is 57.8 Å². The number of rotatable bonds is 5. The van der Waals surface area contributed by atoms with Crippen LogP contribution in [0.25, 0.3) is 22.0 Å². The normalized spacial score (nSPS) is 21.8. The van der Waals surface area contributed by atoms with Crippen molar-refractivity contribution in [3.8, 4) is 11.1 Å². The highest BCUT2D eigenvalue weighted by molar-refractivity contribution is 7.99. The first-order valence-electron chi connectivity index (χ1n) is 13.2. The zero-order valence-corrected chi connectivity index (χ0v) is 25.0. The molecule has 3 atom stereocenters. The van der Waals surface area contributed by atoms with Crippen LogP contribution in [0.1, 0.15) is 11.6 Å². The van der Waals surface area contributed by atoms with Crippen LogP contribution < -0.4 is 10.6 Å². The van der Waals surface area contributed by atoms with E-state index in [0.29, 0.717) is 17.6 Å². The van der Waals surface area contributed by atoms with Gasteiger partial charge in [0.25, 0.3) is 0 Å². The van der Waals surface area contributed by atoms with E-state index in [1.807, 2.05) is 0 Å². The van der Waals surface area contributed by atoms with Crippen LogP contribution in [0.15, 0.2) is 40.5 Å². The van der Waals surface area contributed by atoms with Gasteiger partial charge in [-0.25, -0.2) is 13.6 Å². The monoisotopic (exact) mass is 658 g/mol. The van der Waals surface area contributed by atoms with Crippen molar-refractivity contribution < 1.29 is 31.5 Å². The molecule has 2 bridgehead atoms. The molecule has 0 spiro atoms. The second kappa shape index (κ2) is 11.3. The summed E-state index contributed by atoms with van der Waals surface area (Å²) in [6.07, 6.45) is -3.72. The van der Waals surface area contributed by atoms with Gasteiger partial charge in [0.05, 0.1) is 40.8 Å². The average molecular weight is 659 g/mol. The SMILES string of the molecule is C=CC(=O)N1C2CSCC1CN(c1nc(=O)n3c4c(c(-c5cc(Cl)c(F)cc5F)c(C(F)(F)F)cc14)SC[C@@H]3COC)C2. The van der Waals surface area contributed by atoms with Crippen LogP contribution in [0.2, 0.25) is 5.02 Å². The number of halogens is 6. The topological polar surface area (TPSA) is 67.7 Å². The van der Waals surface area contributed by atoms with Gasteiger partial charge in [-0.1, -0.05) is 18.2 Å². The molecule has 0 aliphatic carbocycles. The standard InChI is InChI=1S/C28H24ClF5N4O3S2/c1-3-22(39)37-13-7-36(8-14(37)11-42-10-13)26-17-4-18(28(32,33)34)23(16-5-19(29)21(31)6-20(16)30)25-24(17)38(27(40)35-26)15(9-41-2)12-43-25/h3-6,13-15H,1,7-12H2,2H3/t13?,14?,15-/m0/s1. The molecule has 4 heterocycles. The average Bonchev–Trinajstić information content (AvgIpc) is 2.95. The van der Waals surface area contributed by atoms with Crippen molar-refractivity contribution in [2.24, 2.45) is 0 Å². The molecule has 6 rings (SSSR count). The fraction of sp³-hybridized carbons (Fsp3) is 0.393. The maximum absolute atomic E-state index is 15.2. The third-order valence-electron chi connectivity index (χ3n) is 7.87. The van der Waals surface area contributed by atoms with Crippen LogP contribution in [0, 0.1) is 11.6 Å². The van der Waals surface area contributed by atoms with Crippen molar-refractivity contribution in [3.63, 3.8) is 0 Å². The Balaban J connectivity index is 1.65. The Bertz CT molecular complexity index is 1700. The smallest absolute Gasteiger partial charge is 0.383 e. The molecule has 15 heteroatoms. The molecule has 3 aliphatic rings. The van der Waals surface area contributed by atoms with Gasteiger partial charge in [-0.15, -0.1) is 11.8 Å². The van der Waals surface area contributed by atoms with E-state index in [-0.39, 0.29) is 65.1 Å². The lowest BCUT2D eigenvalue weighted by molar-refractivity contribution is -0.137. The summed E-state index contributed by atoms with van der Waals surface area (Å²) in [6, 6.07) is 1.04. The maximum atomic E-state index is 15.2. The van der Waals surface area contributed by atoms with Crippen molar-refractivity contribution in [1.29, 1.82) is 0 Å². The van der Waals surface area contributed by atoms with Crippen LogP contribution >= 0.6 is 35.1 Å². The van der Waals surface area contributed by atoms with Gasteiger partial charge in [0.2, 0.25) is 5.91 Å². The fourth-order valence-electron chi connectivity index (χ4n) is 6.15. The fourth-order valence-corrected chi connectivity index (χ4v) is 8.84. The molecule has 2 saturated heterocycles. The summed E-state index contributed by atoms with van der Waals surface area (Å²) >= 11 is 8.62. The van der Waals surface area contributed by atoms with Crippen LogP contribution in [-0.4, -0.2) is 76.5 Å². The van der Waals surface area contributed by atoms with Gasteiger partial charge in [-0.2, -0.15) is 29.9 Å². The number of amides is 1. The third-order valence-corrected chi connectivity index (χ3v) is 10.6. The number of carbonyl (C=O) groups excluding carboxylic acids is 1. The number of hydrogen-bond acceptors (Lipinski definition) is 7. The number of hydrogen-bond donors (Lipinski definition) is 0.